The first-order valence-electron chi connectivity index (χ1n) is 5.31. The van der Waals surface area contributed by atoms with Crippen LogP contribution in [-0.4, -0.2) is 19.0 Å². The van der Waals surface area contributed by atoms with E-state index in [-0.39, 0.29) is 0 Å². The molecular formula is C13H16N2O. The Morgan fingerprint density at radius 3 is 2.56 bits per heavy atom. The van der Waals surface area contributed by atoms with Gasteiger partial charge in [-0.15, -0.1) is 0 Å². The number of hydrogen-bond acceptors (Lipinski definition) is 3. The van der Waals surface area contributed by atoms with Crippen molar-refractivity contribution in [3.8, 4) is 0 Å². The number of rotatable bonds is 6. The molecule has 0 saturated carbocycles. The molecule has 0 unspecified atom stereocenters. The van der Waals surface area contributed by atoms with Gasteiger partial charge >= 0.3 is 0 Å². The van der Waals surface area contributed by atoms with Crippen LogP contribution in [0.4, 0.5) is 0 Å². The van der Waals surface area contributed by atoms with Crippen LogP contribution in [0.2, 0.25) is 0 Å². The molecule has 1 aromatic carbocycles. The highest BCUT2D eigenvalue weighted by Gasteiger charge is 1.98. The monoisotopic (exact) mass is 216 g/mol. The molecule has 2 N–H and O–H groups in total. The topological polar surface area (TPSA) is 53.0 Å². The molecule has 0 aliphatic heterocycles. The summed E-state index contributed by atoms with van der Waals surface area (Å²) in [5.41, 5.74) is 2.39. The summed E-state index contributed by atoms with van der Waals surface area (Å²) in [6.45, 7) is 2.98. The lowest BCUT2D eigenvalue weighted by atomic mass is 10.1. The molecule has 1 aromatic rings. The molecule has 0 aliphatic carbocycles. The standard InChI is InChI=1S/C13H16N2O/c1-2-7-15-9-13(8-14)12-5-3-11(10-16)4-6-12/h3-6,8-10,14-15H,2,7H2,1H3/b13-9+,14-8?. The number of hydrogen-bond donors (Lipinski definition) is 2. The lowest BCUT2D eigenvalue weighted by molar-refractivity contribution is 0.112. The van der Waals surface area contributed by atoms with Gasteiger partial charge in [-0.2, -0.15) is 0 Å². The molecule has 0 heterocycles. The molecule has 0 saturated heterocycles. The SMILES string of the molecule is CCCN/C=C(\C=N)c1ccc(C=O)cc1. The van der Waals surface area contributed by atoms with Crippen molar-refractivity contribution in [2.24, 2.45) is 0 Å². The zero-order valence-corrected chi connectivity index (χ0v) is 9.36. The smallest absolute Gasteiger partial charge is 0.150 e. The molecule has 84 valence electrons. The molecular weight excluding hydrogens is 200 g/mol. The van der Waals surface area contributed by atoms with Gasteiger partial charge in [0.05, 0.1) is 0 Å². The Labute approximate surface area is 95.7 Å². The van der Waals surface area contributed by atoms with Crippen LogP contribution in [0, 0.1) is 5.41 Å². The van der Waals surface area contributed by atoms with E-state index in [9.17, 15) is 4.79 Å². The van der Waals surface area contributed by atoms with Crippen LogP contribution in [0.25, 0.3) is 5.57 Å². The van der Waals surface area contributed by atoms with E-state index < -0.39 is 0 Å². The van der Waals surface area contributed by atoms with Crippen molar-refractivity contribution in [3.63, 3.8) is 0 Å². The molecule has 3 heteroatoms. The molecule has 1 rings (SSSR count). The third-order valence-corrected chi connectivity index (χ3v) is 2.19. The minimum atomic E-state index is 0.648. The normalized spacial score (nSPS) is 10.9. The predicted molar refractivity (Wildman–Crippen MR) is 66.9 cm³/mol. The van der Waals surface area contributed by atoms with Crippen LogP contribution in [-0.2, 0) is 0 Å². The first kappa shape index (κ1) is 12.2. The first-order chi connectivity index (χ1) is 7.81. The average molecular weight is 216 g/mol. The Hall–Kier alpha value is -1.90. The second-order valence-electron chi connectivity index (χ2n) is 3.44. The van der Waals surface area contributed by atoms with E-state index in [1.54, 1.807) is 12.1 Å². The van der Waals surface area contributed by atoms with Crippen LogP contribution in [0.3, 0.4) is 0 Å². The summed E-state index contributed by atoms with van der Waals surface area (Å²) >= 11 is 0. The highest BCUT2D eigenvalue weighted by molar-refractivity contribution is 6.08. The zero-order chi connectivity index (χ0) is 11.8. The van der Waals surface area contributed by atoms with Crippen LogP contribution >= 0.6 is 0 Å². The minimum absolute atomic E-state index is 0.648. The number of aldehydes is 1. The second-order valence-corrected chi connectivity index (χ2v) is 3.44. The molecule has 3 nitrogen and oxygen atoms in total. The summed E-state index contributed by atoms with van der Waals surface area (Å²) in [6.07, 6.45) is 4.99. The minimum Gasteiger partial charge on any atom is -0.390 e. The van der Waals surface area contributed by atoms with Gasteiger partial charge in [0.1, 0.15) is 6.29 Å². The van der Waals surface area contributed by atoms with Gasteiger partial charge in [-0.05, 0) is 12.0 Å². The molecule has 0 aromatic heterocycles. The fourth-order valence-electron chi connectivity index (χ4n) is 1.29. The van der Waals surface area contributed by atoms with Crippen molar-refractivity contribution < 1.29 is 4.79 Å². The van der Waals surface area contributed by atoms with E-state index in [1.165, 1.54) is 6.21 Å². The van der Waals surface area contributed by atoms with Gasteiger partial charge in [-0.25, -0.2) is 0 Å². The first-order valence-corrected chi connectivity index (χ1v) is 5.31. The second kappa shape index (κ2) is 6.56. The summed E-state index contributed by atoms with van der Waals surface area (Å²) in [5.74, 6) is 0. The van der Waals surface area contributed by atoms with Crippen molar-refractivity contribution >= 4 is 18.1 Å². The lowest BCUT2D eigenvalue weighted by Gasteiger charge is -2.03. The molecule has 0 amide bonds. The van der Waals surface area contributed by atoms with E-state index in [0.717, 1.165) is 30.4 Å². The van der Waals surface area contributed by atoms with Crippen molar-refractivity contribution in [2.75, 3.05) is 6.54 Å². The van der Waals surface area contributed by atoms with Gasteiger partial charge in [-0.1, -0.05) is 31.2 Å². The fraction of sp³-hybridized carbons (Fsp3) is 0.231. The molecule has 0 bridgehead atoms. The molecule has 0 spiro atoms. The van der Waals surface area contributed by atoms with Crippen LogP contribution < -0.4 is 5.32 Å². The zero-order valence-electron chi connectivity index (χ0n) is 9.36. The number of benzene rings is 1. The molecule has 16 heavy (non-hydrogen) atoms. The Morgan fingerprint density at radius 2 is 2.06 bits per heavy atom. The Bertz CT molecular complexity index is 379. The molecule has 0 atom stereocenters. The highest BCUT2D eigenvalue weighted by Crippen LogP contribution is 2.11. The summed E-state index contributed by atoms with van der Waals surface area (Å²) in [5, 5.41) is 10.5. The Balaban J connectivity index is 2.82. The summed E-state index contributed by atoms with van der Waals surface area (Å²) in [6, 6.07) is 7.18. The quantitative estimate of drug-likeness (QED) is 0.436. The van der Waals surface area contributed by atoms with Crippen LogP contribution in [0.15, 0.2) is 30.5 Å². The molecule has 0 aliphatic rings. The summed E-state index contributed by atoms with van der Waals surface area (Å²) in [4.78, 5) is 10.5. The number of nitrogens with one attached hydrogen (secondary N) is 2. The van der Waals surface area contributed by atoms with E-state index in [0.29, 0.717) is 5.56 Å². The van der Waals surface area contributed by atoms with Crippen molar-refractivity contribution in [2.45, 2.75) is 13.3 Å². The van der Waals surface area contributed by atoms with Gasteiger partial charge in [0, 0.05) is 30.1 Å². The number of carbonyl (C=O) groups is 1. The highest BCUT2D eigenvalue weighted by atomic mass is 16.1. The number of allylic oxidation sites excluding steroid dienone is 1. The van der Waals surface area contributed by atoms with Gasteiger partial charge < -0.3 is 10.7 Å². The van der Waals surface area contributed by atoms with Crippen molar-refractivity contribution in [1.82, 2.24) is 5.32 Å². The maximum absolute atomic E-state index is 10.5. The fourth-order valence-corrected chi connectivity index (χ4v) is 1.29. The largest absolute Gasteiger partial charge is 0.390 e. The van der Waals surface area contributed by atoms with E-state index in [1.807, 2.05) is 18.3 Å². The Kier molecular flexibility index (Phi) is 4.99. The Morgan fingerprint density at radius 1 is 1.38 bits per heavy atom. The molecule has 0 fully saturated rings. The van der Waals surface area contributed by atoms with Gasteiger partial charge in [0.25, 0.3) is 0 Å². The van der Waals surface area contributed by atoms with Gasteiger partial charge in [0.2, 0.25) is 0 Å². The van der Waals surface area contributed by atoms with Crippen molar-refractivity contribution in [1.29, 1.82) is 5.41 Å². The third-order valence-electron chi connectivity index (χ3n) is 2.19. The van der Waals surface area contributed by atoms with Crippen molar-refractivity contribution in [3.05, 3.63) is 41.6 Å². The van der Waals surface area contributed by atoms with E-state index in [2.05, 4.69) is 12.2 Å². The van der Waals surface area contributed by atoms with E-state index in [4.69, 9.17) is 5.41 Å². The number of carbonyl (C=O) groups excluding carboxylic acids is 1. The average Bonchev–Trinajstić information content (AvgIpc) is 2.35. The van der Waals surface area contributed by atoms with E-state index >= 15 is 0 Å². The van der Waals surface area contributed by atoms with Gasteiger partial charge in [-0.3, -0.25) is 4.79 Å². The lowest BCUT2D eigenvalue weighted by Crippen LogP contribution is -2.06. The summed E-state index contributed by atoms with van der Waals surface area (Å²) in [7, 11) is 0. The predicted octanol–water partition coefficient (Wildman–Crippen LogP) is 2.49. The van der Waals surface area contributed by atoms with Gasteiger partial charge in [0.15, 0.2) is 0 Å². The van der Waals surface area contributed by atoms with Crippen LogP contribution in [0.5, 0.6) is 0 Å². The van der Waals surface area contributed by atoms with Crippen LogP contribution in [0.1, 0.15) is 29.3 Å². The maximum atomic E-state index is 10.5. The maximum Gasteiger partial charge on any atom is 0.150 e. The molecule has 0 radical (unpaired) electrons. The summed E-state index contributed by atoms with van der Waals surface area (Å²) < 4.78 is 0. The third kappa shape index (κ3) is 3.35.